The minimum atomic E-state index is -0.409. The van der Waals surface area contributed by atoms with Crippen LogP contribution < -0.4 is 9.64 Å². The van der Waals surface area contributed by atoms with Gasteiger partial charge in [0, 0.05) is 6.92 Å². The molecule has 1 aliphatic heterocycles. The maximum Gasteiger partial charge on any atom is 0.308 e. The van der Waals surface area contributed by atoms with Crippen LogP contribution in [0.1, 0.15) is 26.7 Å². The molecule has 0 bridgehead atoms. The van der Waals surface area contributed by atoms with Crippen molar-refractivity contribution in [2.75, 3.05) is 4.90 Å². The van der Waals surface area contributed by atoms with E-state index in [2.05, 4.69) is 0 Å². The summed E-state index contributed by atoms with van der Waals surface area (Å²) in [5.74, 6) is -0.782. The first kappa shape index (κ1) is 14.5. The van der Waals surface area contributed by atoms with Gasteiger partial charge in [0.2, 0.25) is 11.8 Å². The van der Waals surface area contributed by atoms with Gasteiger partial charge in [-0.2, -0.15) is 0 Å². The molecule has 114 valence electrons. The molecular weight excluding hydrogens is 282 g/mol. The quantitative estimate of drug-likeness (QED) is 0.364. The highest BCUT2D eigenvalue weighted by Gasteiger charge is 2.48. The lowest BCUT2D eigenvalue weighted by Gasteiger charge is -2.18. The maximum absolute atomic E-state index is 12.6. The van der Waals surface area contributed by atoms with E-state index in [0.717, 1.165) is 5.57 Å². The Morgan fingerprint density at radius 2 is 1.77 bits per heavy atom. The molecule has 1 heterocycles. The first-order chi connectivity index (χ1) is 10.5. The number of hydrogen-bond acceptors (Lipinski definition) is 4. The predicted octanol–water partition coefficient (Wildman–Crippen LogP) is 2.46. The van der Waals surface area contributed by atoms with E-state index < -0.39 is 5.97 Å². The van der Waals surface area contributed by atoms with Crippen molar-refractivity contribution in [1.82, 2.24) is 0 Å². The number of rotatable bonds is 2. The fourth-order valence-corrected chi connectivity index (χ4v) is 3.12. The summed E-state index contributed by atoms with van der Waals surface area (Å²) in [6.45, 7) is 3.31. The van der Waals surface area contributed by atoms with Crippen LogP contribution in [0.15, 0.2) is 35.9 Å². The Balaban J connectivity index is 1.85. The van der Waals surface area contributed by atoms with Crippen LogP contribution >= 0.6 is 0 Å². The van der Waals surface area contributed by atoms with Gasteiger partial charge in [0.1, 0.15) is 5.75 Å². The van der Waals surface area contributed by atoms with Crippen molar-refractivity contribution in [3.8, 4) is 5.75 Å². The van der Waals surface area contributed by atoms with Crippen LogP contribution in [0.4, 0.5) is 5.69 Å². The van der Waals surface area contributed by atoms with Crippen LogP contribution in [0, 0.1) is 11.8 Å². The van der Waals surface area contributed by atoms with E-state index in [1.807, 2.05) is 13.0 Å². The molecular formula is C17H17NO4. The van der Waals surface area contributed by atoms with E-state index in [9.17, 15) is 14.4 Å². The molecule has 5 nitrogen and oxygen atoms in total. The molecule has 1 aliphatic carbocycles. The molecule has 0 aromatic heterocycles. The van der Waals surface area contributed by atoms with Crippen LogP contribution in [0.25, 0.3) is 0 Å². The number of carbonyl (C=O) groups is 3. The third-order valence-corrected chi connectivity index (χ3v) is 4.18. The van der Waals surface area contributed by atoms with Crippen LogP contribution in [0.3, 0.4) is 0 Å². The first-order valence-corrected chi connectivity index (χ1v) is 7.29. The van der Waals surface area contributed by atoms with E-state index in [1.165, 1.54) is 11.8 Å². The molecule has 0 saturated carbocycles. The molecule has 22 heavy (non-hydrogen) atoms. The van der Waals surface area contributed by atoms with E-state index in [0.29, 0.717) is 24.3 Å². The monoisotopic (exact) mass is 299 g/mol. The number of benzene rings is 1. The normalized spacial score (nSPS) is 24.1. The molecule has 5 heteroatoms. The lowest BCUT2D eigenvalue weighted by atomic mass is 9.82. The number of fused-ring (bicyclic) bond motifs is 1. The lowest BCUT2D eigenvalue weighted by molar-refractivity contribution is -0.132. The molecule has 0 unspecified atom stereocenters. The van der Waals surface area contributed by atoms with Gasteiger partial charge in [0.05, 0.1) is 17.5 Å². The molecule has 1 aromatic rings. The second-order valence-electron chi connectivity index (χ2n) is 5.80. The van der Waals surface area contributed by atoms with Gasteiger partial charge >= 0.3 is 5.97 Å². The predicted molar refractivity (Wildman–Crippen MR) is 80.2 cm³/mol. The molecule has 2 amide bonds. The summed E-state index contributed by atoms with van der Waals surface area (Å²) in [7, 11) is 0. The fourth-order valence-electron chi connectivity index (χ4n) is 3.12. The van der Waals surface area contributed by atoms with Gasteiger partial charge in [-0.15, -0.1) is 0 Å². The number of imide groups is 1. The summed E-state index contributed by atoms with van der Waals surface area (Å²) in [6.07, 6.45) is 3.32. The molecule has 0 spiro atoms. The minimum Gasteiger partial charge on any atom is -0.427 e. The number of anilines is 1. The summed E-state index contributed by atoms with van der Waals surface area (Å²) >= 11 is 0. The van der Waals surface area contributed by atoms with Gasteiger partial charge < -0.3 is 4.74 Å². The van der Waals surface area contributed by atoms with Crippen LogP contribution in [0.2, 0.25) is 0 Å². The summed E-state index contributed by atoms with van der Waals surface area (Å²) in [4.78, 5) is 37.2. The Morgan fingerprint density at radius 3 is 2.41 bits per heavy atom. The van der Waals surface area contributed by atoms with Crippen LogP contribution in [-0.4, -0.2) is 17.8 Å². The lowest BCUT2D eigenvalue weighted by Crippen LogP contribution is -2.30. The summed E-state index contributed by atoms with van der Waals surface area (Å²) in [5, 5.41) is 0. The highest BCUT2D eigenvalue weighted by atomic mass is 16.5. The van der Waals surface area contributed by atoms with Gasteiger partial charge in [-0.05, 0) is 44.0 Å². The fraction of sp³-hybridized carbons (Fsp3) is 0.353. The average molecular weight is 299 g/mol. The Hall–Kier alpha value is -2.43. The Labute approximate surface area is 128 Å². The largest absolute Gasteiger partial charge is 0.427 e. The Kier molecular flexibility index (Phi) is 3.56. The van der Waals surface area contributed by atoms with Crippen molar-refractivity contribution in [3.05, 3.63) is 35.9 Å². The topological polar surface area (TPSA) is 63.7 Å². The van der Waals surface area contributed by atoms with Crippen molar-refractivity contribution in [1.29, 1.82) is 0 Å². The van der Waals surface area contributed by atoms with Crippen molar-refractivity contribution in [2.45, 2.75) is 26.7 Å². The number of esters is 1. The van der Waals surface area contributed by atoms with Crippen molar-refractivity contribution in [2.24, 2.45) is 11.8 Å². The molecule has 0 N–H and O–H groups in total. The minimum absolute atomic E-state index is 0.136. The highest BCUT2D eigenvalue weighted by molar-refractivity contribution is 6.22. The van der Waals surface area contributed by atoms with Gasteiger partial charge in [0.25, 0.3) is 0 Å². The third-order valence-electron chi connectivity index (χ3n) is 4.18. The smallest absolute Gasteiger partial charge is 0.308 e. The van der Waals surface area contributed by atoms with Crippen molar-refractivity contribution < 1.29 is 19.1 Å². The molecule has 1 fully saturated rings. The second-order valence-corrected chi connectivity index (χ2v) is 5.80. The Morgan fingerprint density at radius 1 is 1.14 bits per heavy atom. The molecule has 3 rings (SSSR count). The number of ether oxygens (including phenoxy) is 1. The SMILES string of the molecule is CC(=O)Oc1ccc(N2C(=O)[C@@H]3CC=C(C)C[C@H]3C2=O)cc1. The third kappa shape index (κ3) is 2.43. The van der Waals surface area contributed by atoms with Gasteiger partial charge in [0.15, 0.2) is 0 Å². The number of allylic oxidation sites excluding steroid dienone is 2. The first-order valence-electron chi connectivity index (χ1n) is 7.29. The van der Waals surface area contributed by atoms with E-state index in [1.54, 1.807) is 24.3 Å². The number of amides is 2. The van der Waals surface area contributed by atoms with Gasteiger partial charge in [-0.25, -0.2) is 0 Å². The summed E-state index contributed by atoms with van der Waals surface area (Å²) in [5.41, 5.74) is 1.69. The van der Waals surface area contributed by atoms with Gasteiger partial charge in [-0.3, -0.25) is 19.3 Å². The zero-order valence-electron chi connectivity index (χ0n) is 12.5. The molecule has 2 aliphatic rings. The molecule has 1 saturated heterocycles. The standard InChI is InChI=1S/C17H17NO4/c1-10-3-8-14-15(9-10)17(21)18(16(14)20)12-4-6-13(7-5-12)22-11(2)19/h3-7,14-15H,8-9H2,1-2H3/t14-,15-/m1/s1. The van der Waals surface area contributed by atoms with Crippen molar-refractivity contribution in [3.63, 3.8) is 0 Å². The zero-order chi connectivity index (χ0) is 15.9. The highest BCUT2D eigenvalue weighted by Crippen LogP contribution is 2.39. The molecule has 1 aromatic carbocycles. The summed E-state index contributed by atoms with van der Waals surface area (Å²) < 4.78 is 4.96. The Bertz CT molecular complexity index is 674. The van der Waals surface area contributed by atoms with Crippen molar-refractivity contribution >= 4 is 23.5 Å². The van der Waals surface area contributed by atoms with Gasteiger partial charge in [-0.1, -0.05) is 11.6 Å². The number of carbonyl (C=O) groups excluding carboxylic acids is 3. The maximum atomic E-state index is 12.6. The number of nitrogens with zero attached hydrogens (tertiary/aromatic N) is 1. The van der Waals surface area contributed by atoms with E-state index in [4.69, 9.17) is 4.74 Å². The van der Waals surface area contributed by atoms with E-state index >= 15 is 0 Å². The second kappa shape index (κ2) is 5.40. The summed E-state index contributed by atoms with van der Waals surface area (Å²) in [6, 6.07) is 6.43. The van der Waals surface area contributed by atoms with E-state index in [-0.39, 0.29) is 23.7 Å². The number of hydrogen-bond donors (Lipinski definition) is 0. The molecule has 0 radical (unpaired) electrons. The van der Waals surface area contributed by atoms with Crippen LogP contribution in [0.5, 0.6) is 5.75 Å². The average Bonchev–Trinajstić information content (AvgIpc) is 2.71. The van der Waals surface area contributed by atoms with Crippen LogP contribution in [-0.2, 0) is 14.4 Å². The molecule has 2 atom stereocenters. The zero-order valence-corrected chi connectivity index (χ0v) is 12.5.